The SMILES string of the molecule is CCN(CC(=O)Nc1ccc2c(c1)OCCO2)C(=O)C(N)c1ccc(C)cc1.Cl. The molecule has 2 aromatic carbocycles. The van der Waals surface area contributed by atoms with Crippen molar-refractivity contribution in [2.24, 2.45) is 5.73 Å². The Hall–Kier alpha value is -2.77. The van der Waals surface area contributed by atoms with Gasteiger partial charge in [-0.05, 0) is 31.5 Å². The fourth-order valence-corrected chi connectivity index (χ4v) is 2.95. The lowest BCUT2D eigenvalue weighted by molar-refractivity contribution is -0.135. The lowest BCUT2D eigenvalue weighted by atomic mass is 10.0. The van der Waals surface area contributed by atoms with Crippen molar-refractivity contribution in [2.45, 2.75) is 19.9 Å². The Balaban J connectivity index is 0.00000300. The first-order chi connectivity index (χ1) is 13.5. The third-order valence-electron chi connectivity index (χ3n) is 4.56. The topological polar surface area (TPSA) is 93.9 Å². The predicted octanol–water partition coefficient (Wildman–Crippen LogP) is 2.68. The summed E-state index contributed by atoms with van der Waals surface area (Å²) in [6.07, 6.45) is 0. The lowest BCUT2D eigenvalue weighted by Gasteiger charge is -2.24. The summed E-state index contributed by atoms with van der Waals surface area (Å²) in [6, 6.07) is 11.9. The van der Waals surface area contributed by atoms with E-state index in [1.54, 1.807) is 18.2 Å². The number of likely N-dealkylation sites (N-methyl/N-ethyl adjacent to an activating group) is 1. The molecule has 0 aromatic heterocycles. The molecule has 156 valence electrons. The number of halogens is 1. The average molecular weight is 420 g/mol. The van der Waals surface area contributed by atoms with Gasteiger partial charge in [0.05, 0.1) is 6.54 Å². The zero-order valence-corrected chi connectivity index (χ0v) is 17.3. The van der Waals surface area contributed by atoms with Crippen LogP contribution >= 0.6 is 12.4 Å². The molecule has 0 radical (unpaired) electrons. The molecule has 1 aliphatic rings. The van der Waals surface area contributed by atoms with E-state index in [4.69, 9.17) is 15.2 Å². The Labute approximate surface area is 176 Å². The molecule has 0 bridgehead atoms. The summed E-state index contributed by atoms with van der Waals surface area (Å²) < 4.78 is 11.0. The van der Waals surface area contributed by atoms with Crippen molar-refractivity contribution in [3.05, 3.63) is 53.6 Å². The Morgan fingerprint density at radius 1 is 1.10 bits per heavy atom. The number of nitrogens with zero attached hydrogens (tertiary/aromatic N) is 1. The normalized spacial score (nSPS) is 13.1. The van der Waals surface area contributed by atoms with Gasteiger partial charge in [0.15, 0.2) is 11.5 Å². The van der Waals surface area contributed by atoms with Crippen LogP contribution in [0, 0.1) is 6.92 Å². The van der Waals surface area contributed by atoms with Crippen LogP contribution in [0.25, 0.3) is 0 Å². The number of fused-ring (bicyclic) bond motifs is 1. The number of aryl methyl sites for hydroxylation is 1. The maximum Gasteiger partial charge on any atom is 0.244 e. The monoisotopic (exact) mass is 419 g/mol. The van der Waals surface area contributed by atoms with Crippen LogP contribution in [-0.4, -0.2) is 43.0 Å². The largest absolute Gasteiger partial charge is 0.486 e. The van der Waals surface area contributed by atoms with Gasteiger partial charge in [-0.25, -0.2) is 0 Å². The smallest absolute Gasteiger partial charge is 0.244 e. The molecule has 7 nitrogen and oxygen atoms in total. The van der Waals surface area contributed by atoms with Crippen LogP contribution in [0.3, 0.4) is 0 Å². The van der Waals surface area contributed by atoms with Crippen LogP contribution in [0.5, 0.6) is 11.5 Å². The van der Waals surface area contributed by atoms with Gasteiger partial charge in [0.1, 0.15) is 19.3 Å². The molecule has 0 aliphatic carbocycles. The fraction of sp³-hybridized carbons (Fsp3) is 0.333. The van der Waals surface area contributed by atoms with Crippen molar-refractivity contribution in [3.8, 4) is 11.5 Å². The van der Waals surface area contributed by atoms with E-state index in [0.29, 0.717) is 36.9 Å². The molecule has 1 atom stereocenters. The molecule has 3 rings (SSSR count). The standard InChI is InChI=1S/C21H25N3O4.ClH/c1-3-24(21(26)20(22)15-6-4-14(2)5-7-15)13-19(25)23-16-8-9-17-18(12-16)28-11-10-27-17;/h4-9,12,20H,3,10-11,13,22H2,1-2H3,(H,23,25);1H. The molecule has 29 heavy (non-hydrogen) atoms. The molecule has 1 heterocycles. The van der Waals surface area contributed by atoms with E-state index in [9.17, 15) is 9.59 Å². The highest BCUT2D eigenvalue weighted by Gasteiger charge is 2.23. The first-order valence-electron chi connectivity index (χ1n) is 9.28. The van der Waals surface area contributed by atoms with Crippen molar-refractivity contribution >= 4 is 29.9 Å². The molecule has 0 fully saturated rings. The number of nitrogens with one attached hydrogen (secondary N) is 1. The second-order valence-corrected chi connectivity index (χ2v) is 6.65. The minimum atomic E-state index is -0.803. The third kappa shape index (κ3) is 5.62. The van der Waals surface area contributed by atoms with Crippen LogP contribution in [-0.2, 0) is 9.59 Å². The van der Waals surface area contributed by atoms with Gasteiger partial charge in [0.2, 0.25) is 11.8 Å². The molecule has 0 spiro atoms. The Bertz CT molecular complexity index is 858. The minimum Gasteiger partial charge on any atom is -0.486 e. The number of amides is 2. The molecule has 3 N–H and O–H groups in total. The number of hydrogen-bond acceptors (Lipinski definition) is 5. The van der Waals surface area contributed by atoms with Gasteiger partial charge in [-0.2, -0.15) is 0 Å². The summed E-state index contributed by atoms with van der Waals surface area (Å²) in [5.41, 5.74) is 8.52. The van der Waals surface area contributed by atoms with Gasteiger partial charge < -0.3 is 25.4 Å². The zero-order chi connectivity index (χ0) is 20.1. The summed E-state index contributed by atoms with van der Waals surface area (Å²) in [6.45, 7) is 5.07. The summed E-state index contributed by atoms with van der Waals surface area (Å²) in [5, 5.41) is 2.79. The number of hydrogen-bond donors (Lipinski definition) is 2. The first-order valence-corrected chi connectivity index (χ1v) is 9.28. The number of benzene rings is 2. The summed E-state index contributed by atoms with van der Waals surface area (Å²) >= 11 is 0. The van der Waals surface area contributed by atoms with Gasteiger partial charge in [0.25, 0.3) is 0 Å². The second kappa shape index (κ2) is 10.1. The summed E-state index contributed by atoms with van der Waals surface area (Å²) in [7, 11) is 0. The quantitative estimate of drug-likeness (QED) is 0.750. The molecule has 0 saturated heterocycles. The van der Waals surface area contributed by atoms with Crippen molar-refractivity contribution in [2.75, 3.05) is 31.6 Å². The van der Waals surface area contributed by atoms with Crippen LogP contribution in [0.1, 0.15) is 24.1 Å². The number of nitrogens with two attached hydrogens (primary N) is 1. The van der Waals surface area contributed by atoms with Gasteiger partial charge in [-0.3, -0.25) is 9.59 Å². The van der Waals surface area contributed by atoms with Gasteiger partial charge in [0, 0.05) is 18.3 Å². The predicted molar refractivity (Wildman–Crippen MR) is 114 cm³/mol. The average Bonchev–Trinajstić information content (AvgIpc) is 2.71. The molecule has 0 saturated carbocycles. The maximum absolute atomic E-state index is 12.7. The fourth-order valence-electron chi connectivity index (χ4n) is 2.95. The van der Waals surface area contributed by atoms with E-state index < -0.39 is 6.04 Å². The molecule has 8 heteroatoms. The maximum atomic E-state index is 12.7. The number of rotatable bonds is 6. The molecule has 2 aromatic rings. The molecule has 1 unspecified atom stereocenters. The van der Waals surface area contributed by atoms with E-state index in [2.05, 4.69) is 5.32 Å². The van der Waals surface area contributed by atoms with E-state index in [-0.39, 0.29) is 30.8 Å². The van der Waals surface area contributed by atoms with E-state index in [1.165, 1.54) is 4.90 Å². The number of carbonyl (C=O) groups is 2. The highest BCUT2D eigenvalue weighted by Crippen LogP contribution is 2.32. The Morgan fingerprint density at radius 2 is 1.76 bits per heavy atom. The van der Waals surface area contributed by atoms with E-state index in [1.807, 2.05) is 38.1 Å². The van der Waals surface area contributed by atoms with Crippen molar-refractivity contribution in [3.63, 3.8) is 0 Å². The van der Waals surface area contributed by atoms with Crippen molar-refractivity contribution < 1.29 is 19.1 Å². The van der Waals surface area contributed by atoms with Crippen LogP contribution in [0.2, 0.25) is 0 Å². The number of ether oxygens (including phenoxy) is 2. The Kier molecular flexibility index (Phi) is 7.87. The molecular formula is C21H26ClN3O4. The highest BCUT2D eigenvalue weighted by molar-refractivity contribution is 5.95. The minimum absolute atomic E-state index is 0. The van der Waals surface area contributed by atoms with E-state index in [0.717, 1.165) is 11.1 Å². The Morgan fingerprint density at radius 3 is 2.41 bits per heavy atom. The summed E-state index contributed by atoms with van der Waals surface area (Å²) in [4.78, 5) is 26.6. The first kappa shape index (κ1) is 22.5. The van der Waals surface area contributed by atoms with Crippen LogP contribution in [0.15, 0.2) is 42.5 Å². The third-order valence-corrected chi connectivity index (χ3v) is 4.56. The molecule has 1 aliphatic heterocycles. The van der Waals surface area contributed by atoms with E-state index >= 15 is 0 Å². The summed E-state index contributed by atoms with van der Waals surface area (Å²) in [5.74, 6) is 0.652. The van der Waals surface area contributed by atoms with Gasteiger partial charge in [-0.15, -0.1) is 12.4 Å². The second-order valence-electron chi connectivity index (χ2n) is 6.65. The molecule has 2 amide bonds. The number of anilines is 1. The lowest BCUT2D eigenvalue weighted by Crippen LogP contribution is -2.42. The molecular weight excluding hydrogens is 394 g/mol. The van der Waals surface area contributed by atoms with Crippen molar-refractivity contribution in [1.29, 1.82) is 0 Å². The van der Waals surface area contributed by atoms with Gasteiger partial charge in [-0.1, -0.05) is 29.8 Å². The zero-order valence-electron chi connectivity index (χ0n) is 16.5. The van der Waals surface area contributed by atoms with Gasteiger partial charge >= 0.3 is 0 Å². The highest BCUT2D eigenvalue weighted by atomic mass is 35.5. The van der Waals surface area contributed by atoms with Crippen LogP contribution in [0.4, 0.5) is 5.69 Å². The number of carbonyl (C=O) groups excluding carboxylic acids is 2. The van der Waals surface area contributed by atoms with Crippen LogP contribution < -0.4 is 20.5 Å². The van der Waals surface area contributed by atoms with Crippen molar-refractivity contribution in [1.82, 2.24) is 4.90 Å².